The van der Waals surface area contributed by atoms with E-state index in [4.69, 9.17) is 9.47 Å². The van der Waals surface area contributed by atoms with Crippen molar-refractivity contribution in [3.63, 3.8) is 0 Å². The van der Waals surface area contributed by atoms with E-state index in [1.54, 1.807) is 0 Å². The van der Waals surface area contributed by atoms with Crippen LogP contribution in [0, 0.1) is 0 Å². The first-order valence-corrected chi connectivity index (χ1v) is 9.15. The molecule has 4 rings (SSSR count). The number of hydrogen-bond acceptors (Lipinski definition) is 4. The van der Waals surface area contributed by atoms with Gasteiger partial charge >= 0.3 is 5.97 Å². The van der Waals surface area contributed by atoms with Gasteiger partial charge in [0.15, 0.2) is 0 Å². The first kappa shape index (κ1) is 17.1. The fraction of sp³-hybridized carbons (Fsp3) is 0.381. The SMILES string of the molecule is CC(=O)OC(CN1CCOCC1)Cn1c2ccccc2c2ccccc21. The lowest BCUT2D eigenvalue weighted by molar-refractivity contribution is -0.148. The molecule has 1 aliphatic rings. The van der Waals surface area contributed by atoms with Crippen LogP contribution in [0.5, 0.6) is 0 Å². The molecule has 26 heavy (non-hydrogen) atoms. The molecule has 0 bridgehead atoms. The Bertz CT molecular complexity index is 859. The largest absolute Gasteiger partial charge is 0.459 e. The summed E-state index contributed by atoms with van der Waals surface area (Å²) in [6.45, 7) is 6.09. The normalized spacial score (nSPS) is 16.8. The van der Waals surface area contributed by atoms with Crippen LogP contribution in [-0.2, 0) is 20.8 Å². The van der Waals surface area contributed by atoms with Gasteiger partial charge in [0.25, 0.3) is 0 Å². The summed E-state index contributed by atoms with van der Waals surface area (Å²) < 4.78 is 13.4. The van der Waals surface area contributed by atoms with Crippen molar-refractivity contribution in [2.45, 2.75) is 19.6 Å². The maximum absolute atomic E-state index is 11.7. The zero-order chi connectivity index (χ0) is 17.9. The second-order valence-corrected chi connectivity index (χ2v) is 6.79. The van der Waals surface area contributed by atoms with Crippen molar-refractivity contribution in [3.05, 3.63) is 48.5 Å². The van der Waals surface area contributed by atoms with Gasteiger partial charge in [-0.15, -0.1) is 0 Å². The Labute approximate surface area is 153 Å². The van der Waals surface area contributed by atoms with Crippen LogP contribution in [-0.4, -0.2) is 54.4 Å². The van der Waals surface area contributed by atoms with Gasteiger partial charge in [0.05, 0.1) is 19.8 Å². The van der Waals surface area contributed by atoms with E-state index < -0.39 is 0 Å². The standard InChI is InChI=1S/C21H24N2O3/c1-16(24)26-17(14-22-10-12-25-13-11-22)15-23-20-8-4-2-6-18(20)19-7-3-5-9-21(19)23/h2-9,17H,10-15H2,1H3. The zero-order valence-corrected chi connectivity index (χ0v) is 15.1. The van der Waals surface area contributed by atoms with Gasteiger partial charge in [-0.05, 0) is 12.1 Å². The van der Waals surface area contributed by atoms with Gasteiger partial charge in [0.1, 0.15) is 6.10 Å². The molecule has 5 nitrogen and oxygen atoms in total. The first-order chi connectivity index (χ1) is 12.7. The third-order valence-electron chi connectivity index (χ3n) is 4.96. The molecule has 0 N–H and O–H groups in total. The number of aromatic nitrogens is 1. The summed E-state index contributed by atoms with van der Waals surface area (Å²) >= 11 is 0. The number of carbonyl (C=O) groups excluding carboxylic acids is 1. The molecule has 2 aromatic carbocycles. The fourth-order valence-electron chi connectivity index (χ4n) is 3.84. The quantitative estimate of drug-likeness (QED) is 0.662. The van der Waals surface area contributed by atoms with E-state index in [0.29, 0.717) is 6.54 Å². The average Bonchev–Trinajstić information content (AvgIpc) is 2.96. The Hall–Kier alpha value is -2.37. The number of benzene rings is 2. The molecule has 0 amide bonds. The van der Waals surface area contributed by atoms with Crippen LogP contribution < -0.4 is 0 Å². The molecule has 1 fully saturated rings. The predicted octanol–water partition coefficient (Wildman–Crippen LogP) is 3.06. The van der Waals surface area contributed by atoms with Gasteiger partial charge in [-0.1, -0.05) is 36.4 Å². The van der Waals surface area contributed by atoms with Crippen LogP contribution in [0.1, 0.15) is 6.92 Å². The second-order valence-electron chi connectivity index (χ2n) is 6.79. The molecule has 1 saturated heterocycles. The van der Waals surface area contributed by atoms with E-state index in [-0.39, 0.29) is 12.1 Å². The number of esters is 1. The molecule has 0 radical (unpaired) electrons. The van der Waals surface area contributed by atoms with Crippen LogP contribution in [0.25, 0.3) is 21.8 Å². The van der Waals surface area contributed by atoms with Crippen molar-refractivity contribution >= 4 is 27.8 Å². The minimum Gasteiger partial charge on any atom is -0.459 e. The molecule has 2 heterocycles. The van der Waals surface area contributed by atoms with Gasteiger partial charge in [-0.3, -0.25) is 9.69 Å². The minimum atomic E-state index is -0.232. The Morgan fingerprint density at radius 3 is 2.15 bits per heavy atom. The summed E-state index contributed by atoms with van der Waals surface area (Å²) in [5.41, 5.74) is 2.35. The van der Waals surface area contributed by atoms with E-state index in [2.05, 4.69) is 58.0 Å². The fourth-order valence-corrected chi connectivity index (χ4v) is 3.84. The molecular formula is C21H24N2O3. The van der Waals surface area contributed by atoms with E-state index >= 15 is 0 Å². The average molecular weight is 352 g/mol. The van der Waals surface area contributed by atoms with Crippen molar-refractivity contribution < 1.29 is 14.3 Å². The smallest absolute Gasteiger partial charge is 0.303 e. The molecule has 0 saturated carbocycles. The summed E-state index contributed by atoms with van der Waals surface area (Å²) in [6, 6.07) is 16.8. The van der Waals surface area contributed by atoms with Gasteiger partial charge in [-0.25, -0.2) is 0 Å². The molecule has 1 atom stereocenters. The van der Waals surface area contributed by atoms with Gasteiger partial charge in [0, 0.05) is 48.4 Å². The van der Waals surface area contributed by atoms with Crippen molar-refractivity contribution in [2.24, 2.45) is 0 Å². The van der Waals surface area contributed by atoms with Crippen LogP contribution in [0.15, 0.2) is 48.5 Å². The monoisotopic (exact) mass is 352 g/mol. The molecule has 1 aromatic heterocycles. The topological polar surface area (TPSA) is 43.7 Å². The van der Waals surface area contributed by atoms with Gasteiger partial charge < -0.3 is 14.0 Å². The van der Waals surface area contributed by atoms with Crippen molar-refractivity contribution in [3.8, 4) is 0 Å². The Morgan fingerprint density at radius 2 is 1.58 bits per heavy atom. The molecule has 1 unspecified atom stereocenters. The van der Waals surface area contributed by atoms with E-state index in [1.165, 1.54) is 28.7 Å². The highest BCUT2D eigenvalue weighted by Gasteiger charge is 2.21. The van der Waals surface area contributed by atoms with Crippen LogP contribution in [0.3, 0.4) is 0 Å². The van der Waals surface area contributed by atoms with Crippen LogP contribution in [0.2, 0.25) is 0 Å². The number of ether oxygens (including phenoxy) is 2. The highest BCUT2D eigenvalue weighted by Crippen LogP contribution is 2.29. The maximum atomic E-state index is 11.7. The molecule has 3 aromatic rings. The molecule has 0 aliphatic carbocycles. The van der Waals surface area contributed by atoms with E-state index in [0.717, 1.165) is 32.8 Å². The summed E-state index contributed by atoms with van der Waals surface area (Å²) in [5, 5.41) is 2.46. The number of hydrogen-bond donors (Lipinski definition) is 0. The third-order valence-corrected chi connectivity index (χ3v) is 4.96. The lowest BCUT2D eigenvalue weighted by atomic mass is 10.2. The number of nitrogens with zero attached hydrogens (tertiary/aromatic N) is 2. The predicted molar refractivity (Wildman–Crippen MR) is 102 cm³/mol. The molecule has 1 aliphatic heterocycles. The third kappa shape index (κ3) is 3.45. The zero-order valence-electron chi connectivity index (χ0n) is 15.1. The summed E-state index contributed by atoms with van der Waals surface area (Å²) in [5.74, 6) is -0.232. The Kier molecular flexibility index (Phi) is 4.91. The second kappa shape index (κ2) is 7.48. The number of fused-ring (bicyclic) bond motifs is 3. The minimum absolute atomic E-state index is 0.190. The van der Waals surface area contributed by atoms with Crippen molar-refractivity contribution in [1.82, 2.24) is 9.47 Å². The van der Waals surface area contributed by atoms with Crippen LogP contribution in [0.4, 0.5) is 0 Å². The lowest BCUT2D eigenvalue weighted by Gasteiger charge is -2.30. The van der Waals surface area contributed by atoms with Crippen molar-refractivity contribution in [2.75, 3.05) is 32.8 Å². The number of carbonyl (C=O) groups is 1. The number of morpholine rings is 1. The maximum Gasteiger partial charge on any atom is 0.303 e. The number of para-hydroxylation sites is 2. The Morgan fingerprint density at radius 1 is 1.00 bits per heavy atom. The highest BCUT2D eigenvalue weighted by molar-refractivity contribution is 6.07. The van der Waals surface area contributed by atoms with E-state index in [1.807, 2.05) is 0 Å². The molecule has 136 valence electrons. The Balaban J connectivity index is 1.68. The summed E-state index contributed by atoms with van der Waals surface area (Å²) in [6.07, 6.45) is -0.190. The molecule has 0 spiro atoms. The number of rotatable bonds is 5. The van der Waals surface area contributed by atoms with Gasteiger partial charge in [-0.2, -0.15) is 0 Å². The first-order valence-electron chi connectivity index (χ1n) is 9.15. The lowest BCUT2D eigenvalue weighted by Crippen LogP contribution is -2.43. The van der Waals surface area contributed by atoms with Crippen LogP contribution >= 0.6 is 0 Å². The highest BCUT2D eigenvalue weighted by atomic mass is 16.5. The summed E-state index contributed by atoms with van der Waals surface area (Å²) in [4.78, 5) is 14.0. The molecule has 5 heteroatoms. The van der Waals surface area contributed by atoms with Crippen molar-refractivity contribution in [1.29, 1.82) is 0 Å². The van der Waals surface area contributed by atoms with E-state index in [9.17, 15) is 4.79 Å². The summed E-state index contributed by atoms with van der Waals surface area (Å²) in [7, 11) is 0. The molecular weight excluding hydrogens is 328 g/mol. The van der Waals surface area contributed by atoms with Gasteiger partial charge in [0.2, 0.25) is 0 Å².